The van der Waals surface area contributed by atoms with Crippen molar-refractivity contribution in [3.8, 4) is 0 Å². The maximum absolute atomic E-state index is 12.0. The van der Waals surface area contributed by atoms with E-state index in [1.165, 1.54) is 0 Å². The molecule has 25 heavy (non-hydrogen) atoms. The number of carboxylic acid groups (broad SMARTS) is 1. The Morgan fingerprint density at radius 3 is 2.76 bits per heavy atom. The number of ether oxygens (including phenoxy) is 2. The van der Waals surface area contributed by atoms with Crippen molar-refractivity contribution >= 4 is 11.9 Å². The van der Waals surface area contributed by atoms with E-state index in [4.69, 9.17) is 9.47 Å². The van der Waals surface area contributed by atoms with Crippen LogP contribution in [-0.4, -0.2) is 29.4 Å². The van der Waals surface area contributed by atoms with Gasteiger partial charge in [-0.3, -0.25) is 4.79 Å². The second-order valence-electron chi connectivity index (χ2n) is 8.97. The Balaban J connectivity index is 1.57. The summed E-state index contributed by atoms with van der Waals surface area (Å²) in [6.45, 7) is 6.75. The van der Waals surface area contributed by atoms with Gasteiger partial charge in [0.2, 0.25) is 6.29 Å². The smallest absolute Gasteiger partial charge is 0.331 e. The van der Waals surface area contributed by atoms with E-state index in [2.05, 4.69) is 20.8 Å². The Labute approximate surface area is 148 Å². The first-order valence-corrected chi connectivity index (χ1v) is 9.57. The molecule has 2 saturated heterocycles. The van der Waals surface area contributed by atoms with Crippen molar-refractivity contribution in [2.45, 2.75) is 71.7 Å². The fourth-order valence-electron chi connectivity index (χ4n) is 6.02. The Kier molecular flexibility index (Phi) is 3.80. The SMILES string of the molecule is CC1CCC2(C)C(C(=O)O)=CCCC2C1(C)CCC1C(=O)OC2OC21. The van der Waals surface area contributed by atoms with Crippen LogP contribution in [0.5, 0.6) is 0 Å². The molecule has 2 heterocycles. The second-order valence-corrected chi connectivity index (χ2v) is 8.97. The van der Waals surface area contributed by atoms with E-state index in [9.17, 15) is 14.7 Å². The highest BCUT2D eigenvalue weighted by molar-refractivity contribution is 5.88. The molecule has 5 nitrogen and oxygen atoms in total. The molecule has 4 aliphatic rings. The molecule has 2 aliphatic carbocycles. The topological polar surface area (TPSA) is 76.1 Å². The normalized spacial score (nSPS) is 48.2. The molecule has 1 saturated carbocycles. The van der Waals surface area contributed by atoms with Crippen LogP contribution in [0.1, 0.15) is 59.3 Å². The van der Waals surface area contributed by atoms with Gasteiger partial charge in [-0.25, -0.2) is 4.79 Å². The Hall–Kier alpha value is -1.36. The summed E-state index contributed by atoms with van der Waals surface area (Å²) >= 11 is 0. The van der Waals surface area contributed by atoms with Crippen LogP contribution in [0, 0.1) is 28.6 Å². The molecule has 5 heteroatoms. The van der Waals surface area contributed by atoms with Gasteiger partial charge in [0, 0.05) is 11.0 Å². The molecular formula is C20H28O5. The quantitative estimate of drug-likeness (QED) is 0.621. The summed E-state index contributed by atoms with van der Waals surface area (Å²) in [5.74, 6) is -0.163. The van der Waals surface area contributed by atoms with Crippen LogP contribution in [-0.2, 0) is 19.1 Å². The Morgan fingerprint density at radius 2 is 2.12 bits per heavy atom. The molecule has 0 spiro atoms. The van der Waals surface area contributed by atoms with Gasteiger partial charge in [0.15, 0.2) is 0 Å². The summed E-state index contributed by atoms with van der Waals surface area (Å²) in [5, 5.41) is 9.71. The van der Waals surface area contributed by atoms with E-state index in [0.29, 0.717) is 17.4 Å². The van der Waals surface area contributed by atoms with Crippen LogP contribution in [0.2, 0.25) is 0 Å². The summed E-state index contributed by atoms with van der Waals surface area (Å²) < 4.78 is 10.6. The summed E-state index contributed by atoms with van der Waals surface area (Å²) in [6, 6.07) is 0. The summed E-state index contributed by atoms with van der Waals surface area (Å²) in [7, 11) is 0. The maximum Gasteiger partial charge on any atom is 0.331 e. The zero-order valence-corrected chi connectivity index (χ0v) is 15.3. The number of carbonyl (C=O) groups excluding carboxylic acids is 1. The molecule has 0 bridgehead atoms. The third-order valence-corrected chi connectivity index (χ3v) is 7.85. The Bertz CT molecular complexity index is 640. The van der Waals surface area contributed by atoms with E-state index < -0.39 is 5.97 Å². The molecule has 7 unspecified atom stereocenters. The largest absolute Gasteiger partial charge is 0.478 e. The zero-order chi connectivity index (χ0) is 18.0. The highest BCUT2D eigenvalue weighted by Crippen LogP contribution is 2.62. The molecule has 0 aromatic carbocycles. The van der Waals surface area contributed by atoms with Gasteiger partial charge in [-0.05, 0) is 55.8 Å². The lowest BCUT2D eigenvalue weighted by molar-refractivity contribution is -0.152. The molecule has 7 atom stereocenters. The molecular weight excluding hydrogens is 320 g/mol. The molecule has 3 fully saturated rings. The van der Waals surface area contributed by atoms with Gasteiger partial charge in [0.05, 0.1) is 5.92 Å². The van der Waals surface area contributed by atoms with Crippen LogP contribution >= 0.6 is 0 Å². The molecule has 0 amide bonds. The zero-order valence-electron chi connectivity index (χ0n) is 15.3. The van der Waals surface area contributed by atoms with Gasteiger partial charge < -0.3 is 14.6 Å². The average Bonchev–Trinajstić information content (AvgIpc) is 3.23. The minimum atomic E-state index is -0.766. The van der Waals surface area contributed by atoms with Crippen LogP contribution in [0.15, 0.2) is 11.6 Å². The predicted octanol–water partition coefficient (Wildman–Crippen LogP) is 3.53. The minimum Gasteiger partial charge on any atom is -0.478 e. The number of allylic oxidation sites excluding steroid dienone is 1. The fraction of sp³-hybridized carbons (Fsp3) is 0.800. The summed E-state index contributed by atoms with van der Waals surface area (Å²) in [4.78, 5) is 23.8. The average molecular weight is 348 g/mol. The van der Waals surface area contributed by atoms with Crippen LogP contribution in [0.3, 0.4) is 0 Å². The fourth-order valence-corrected chi connectivity index (χ4v) is 6.02. The highest BCUT2D eigenvalue weighted by Gasteiger charge is 2.60. The number of rotatable bonds is 4. The Morgan fingerprint density at radius 1 is 1.36 bits per heavy atom. The van der Waals surface area contributed by atoms with Gasteiger partial charge in [-0.15, -0.1) is 0 Å². The molecule has 0 radical (unpaired) electrons. The molecule has 0 aromatic heterocycles. The predicted molar refractivity (Wildman–Crippen MR) is 90.5 cm³/mol. The van der Waals surface area contributed by atoms with Crippen molar-refractivity contribution < 1.29 is 24.2 Å². The third-order valence-electron chi connectivity index (χ3n) is 7.85. The third kappa shape index (κ3) is 2.46. The van der Waals surface area contributed by atoms with Crippen molar-refractivity contribution in [1.82, 2.24) is 0 Å². The lowest BCUT2D eigenvalue weighted by Gasteiger charge is -2.57. The van der Waals surface area contributed by atoms with Crippen molar-refractivity contribution in [2.24, 2.45) is 28.6 Å². The number of epoxide rings is 1. The van der Waals surface area contributed by atoms with Gasteiger partial charge in [0.25, 0.3) is 0 Å². The van der Waals surface area contributed by atoms with E-state index in [-0.39, 0.29) is 35.1 Å². The second kappa shape index (κ2) is 5.57. The van der Waals surface area contributed by atoms with Gasteiger partial charge in [0.1, 0.15) is 6.10 Å². The van der Waals surface area contributed by atoms with E-state index in [0.717, 1.165) is 38.5 Å². The lowest BCUT2D eigenvalue weighted by atomic mass is 9.46. The maximum atomic E-state index is 12.0. The number of carbonyl (C=O) groups is 2. The molecule has 4 rings (SSSR count). The van der Waals surface area contributed by atoms with Gasteiger partial charge in [-0.1, -0.05) is 26.8 Å². The number of hydrogen-bond acceptors (Lipinski definition) is 4. The van der Waals surface area contributed by atoms with Crippen molar-refractivity contribution in [3.05, 3.63) is 11.6 Å². The van der Waals surface area contributed by atoms with Crippen molar-refractivity contribution in [2.75, 3.05) is 0 Å². The van der Waals surface area contributed by atoms with E-state index in [1.807, 2.05) is 6.08 Å². The first-order valence-electron chi connectivity index (χ1n) is 9.57. The number of aliphatic carboxylic acids is 1. The number of carboxylic acids is 1. The molecule has 2 aliphatic heterocycles. The first-order chi connectivity index (χ1) is 11.8. The van der Waals surface area contributed by atoms with Gasteiger partial charge >= 0.3 is 11.9 Å². The molecule has 138 valence electrons. The van der Waals surface area contributed by atoms with Crippen molar-refractivity contribution in [1.29, 1.82) is 0 Å². The summed E-state index contributed by atoms with van der Waals surface area (Å²) in [6.07, 6.45) is 7.14. The van der Waals surface area contributed by atoms with Crippen LogP contribution < -0.4 is 0 Å². The lowest BCUT2D eigenvalue weighted by Crippen LogP contribution is -2.51. The number of esters is 1. The molecule has 0 aromatic rings. The summed E-state index contributed by atoms with van der Waals surface area (Å²) in [5.41, 5.74) is 0.378. The standard InChI is InChI=1S/C20H28O5/c1-11-7-9-20(3)13(16(21)22)5-4-6-14(20)19(11,2)10-8-12-15-18(24-15)25-17(12)23/h5,11-12,14-15,18H,4,6-10H2,1-3H3,(H,21,22). The highest BCUT2D eigenvalue weighted by atomic mass is 16.8. The first kappa shape index (κ1) is 17.1. The molecule has 1 N–H and O–H groups in total. The van der Waals surface area contributed by atoms with Crippen LogP contribution in [0.25, 0.3) is 0 Å². The van der Waals surface area contributed by atoms with Crippen molar-refractivity contribution in [3.63, 3.8) is 0 Å². The van der Waals surface area contributed by atoms with E-state index in [1.54, 1.807) is 0 Å². The number of hydrogen-bond donors (Lipinski definition) is 1. The van der Waals surface area contributed by atoms with E-state index >= 15 is 0 Å². The van der Waals surface area contributed by atoms with Gasteiger partial charge in [-0.2, -0.15) is 0 Å². The van der Waals surface area contributed by atoms with Crippen LogP contribution in [0.4, 0.5) is 0 Å². The minimum absolute atomic E-state index is 0.0369. The number of fused-ring (bicyclic) bond motifs is 2. The monoisotopic (exact) mass is 348 g/mol.